The Morgan fingerprint density at radius 3 is 2.66 bits per heavy atom. The zero-order valence-corrected chi connectivity index (χ0v) is 24.6. The molecule has 44 heavy (non-hydrogen) atoms. The molecule has 4 aliphatic rings. The number of aliphatic hydroxyl groups excluding tert-OH is 1. The molecule has 2 fully saturated rings. The molecule has 2 unspecified atom stereocenters. The van der Waals surface area contributed by atoms with E-state index in [2.05, 4.69) is 22.9 Å². The molecule has 3 N–H and O–H groups in total. The van der Waals surface area contributed by atoms with Crippen molar-refractivity contribution >= 4 is 23.7 Å². The summed E-state index contributed by atoms with van der Waals surface area (Å²) in [6.45, 7) is 3.62. The highest BCUT2D eigenvalue weighted by Crippen LogP contribution is 2.50. The fourth-order valence-corrected chi connectivity index (χ4v) is 7.17. The SMILES string of the molecule is C=C=CCC1CCc2cc(NC(=O)NC)c(F)cc2[C@]12OC(=O)N(CC(O)N1Cc3ccc(F)cc3CC[C@H]1C1CC1)C2=O. The molecule has 1 saturated carbocycles. The number of allylic oxidation sites excluding steroid dienone is 1. The molecule has 11 heteroatoms. The van der Waals surface area contributed by atoms with Crippen molar-refractivity contribution in [2.24, 2.45) is 11.8 Å². The number of hydrogen-bond acceptors (Lipinski definition) is 6. The lowest BCUT2D eigenvalue weighted by Gasteiger charge is -2.39. The van der Waals surface area contributed by atoms with Crippen molar-refractivity contribution in [3.63, 3.8) is 0 Å². The van der Waals surface area contributed by atoms with Crippen LogP contribution in [0.2, 0.25) is 0 Å². The van der Waals surface area contributed by atoms with Crippen LogP contribution in [-0.2, 0) is 34.5 Å². The van der Waals surface area contributed by atoms with Crippen molar-refractivity contribution in [2.75, 3.05) is 18.9 Å². The fraction of sp³-hybridized carbons (Fsp3) is 0.455. The topological polar surface area (TPSA) is 111 Å². The number of urea groups is 1. The number of benzene rings is 2. The Morgan fingerprint density at radius 2 is 1.93 bits per heavy atom. The minimum Gasteiger partial charge on any atom is -0.427 e. The molecule has 0 aromatic heterocycles. The number of halogens is 2. The van der Waals surface area contributed by atoms with Gasteiger partial charge in [0.15, 0.2) is 0 Å². The van der Waals surface area contributed by atoms with E-state index in [0.717, 1.165) is 41.4 Å². The van der Waals surface area contributed by atoms with Crippen molar-refractivity contribution in [3.05, 3.63) is 82.6 Å². The van der Waals surface area contributed by atoms with Crippen LogP contribution in [0.3, 0.4) is 0 Å². The molecule has 4 atom stereocenters. The molecule has 1 spiro atoms. The molecule has 6 rings (SSSR count). The predicted molar refractivity (Wildman–Crippen MR) is 157 cm³/mol. The van der Waals surface area contributed by atoms with E-state index in [9.17, 15) is 23.9 Å². The lowest BCUT2D eigenvalue weighted by molar-refractivity contribution is -0.145. The molecule has 4 amide bonds. The number of aliphatic hydroxyl groups is 1. The van der Waals surface area contributed by atoms with Gasteiger partial charge in [-0.1, -0.05) is 12.6 Å². The lowest BCUT2D eigenvalue weighted by atomic mass is 9.69. The Morgan fingerprint density at radius 1 is 1.16 bits per heavy atom. The van der Waals surface area contributed by atoms with Crippen LogP contribution in [0.15, 0.2) is 48.7 Å². The van der Waals surface area contributed by atoms with Gasteiger partial charge < -0.3 is 20.5 Å². The molecule has 2 aliphatic carbocycles. The summed E-state index contributed by atoms with van der Waals surface area (Å²) in [5, 5.41) is 16.4. The highest BCUT2D eigenvalue weighted by Gasteiger charge is 2.61. The van der Waals surface area contributed by atoms with Crippen molar-refractivity contribution in [2.45, 2.75) is 69.4 Å². The van der Waals surface area contributed by atoms with Crippen LogP contribution < -0.4 is 10.6 Å². The second-order valence-corrected chi connectivity index (χ2v) is 12.1. The maximum absolute atomic E-state index is 15.4. The second-order valence-electron chi connectivity index (χ2n) is 12.1. The predicted octanol–water partition coefficient (Wildman–Crippen LogP) is 4.73. The summed E-state index contributed by atoms with van der Waals surface area (Å²) in [5.41, 5.74) is 3.42. The monoisotopic (exact) mass is 606 g/mol. The van der Waals surface area contributed by atoms with Crippen molar-refractivity contribution in [1.29, 1.82) is 0 Å². The van der Waals surface area contributed by atoms with Gasteiger partial charge in [0.05, 0.1) is 12.2 Å². The highest BCUT2D eigenvalue weighted by molar-refractivity contribution is 6.04. The van der Waals surface area contributed by atoms with Crippen molar-refractivity contribution in [3.8, 4) is 0 Å². The summed E-state index contributed by atoms with van der Waals surface area (Å²) < 4.78 is 35.3. The van der Waals surface area contributed by atoms with E-state index < -0.39 is 41.6 Å². The van der Waals surface area contributed by atoms with E-state index in [1.807, 2.05) is 4.90 Å². The molecule has 2 aromatic carbocycles. The summed E-state index contributed by atoms with van der Waals surface area (Å²) in [6, 6.07) is 6.69. The van der Waals surface area contributed by atoms with Gasteiger partial charge in [0, 0.05) is 31.1 Å². The van der Waals surface area contributed by atoms with Gasteiger partial charge >= 0.3 is 12.1 Å². The zero-order chi connectivity index (χ0) is 31.2. The number of fused-ring (bicyclic) bond motifs is 3. The van der Waals surface area contributed by atoms with Crippen LogP contribution in [-0.4, -0.2) is 58.8 Å². The van der Waals surface area contributed by atoms with E-state index in [4.69, 9.17) is 4.74 Å². The largest absolute Gasteiger partial charge is 0.427 e. The molecular formula is C33H36F2N4O5. The number of rotatable bonds is 7. The molecule has 232 valence electrons. The molecule has 9 nitrogen and oxygen atoms in total. The third-order valence-corrected chi connectivity index (χ3v) is 9.54. The Labute approximate surface area is 254 Å². The third-order valence-electron chi connectivity index (χ3n) is 9.54. The van der Waals surface area contributed by atoms with Gasteiger partial charge in [-0.2, -0.15) is 0 Å². The first kappa shape index (κ1) is 30.0. The van der Waals surface area contributed by atoms with Crippen LogP contribution >= 0.6 is 0 Å². The number of imide groups is 1. The van der Waals surface area contributed by atoms with E-state index in [1.54, 1.807) is 12.1 Å². The highest BCUT2D eigenvalue weighted by atomic mass is 19.1. The Kier molecular flexibility index (Phi) is 8.04. The Balaban J connectivity index is 1.32. The van der Waals surface area contributed by atoms with E-state index in [0.29, 0.717) is 43.7 Å². The number of amides is 4. The number of anilines is 1. The smallest absolute Gasteiger partial charge is 0.418 e. The number of ether oxygens (including phenoxy) is 1. The number of nitrogens with one attached hydrogen (secondary N) is 2. The molecular weight excluding hydrogens is 570 g/mol. The summed E-state index contributed by atoms with van der Waals surface area (Å²) in [5.74, 6) is -1.91. The maximum atomic E-state index is 15.4. The van der Waals surface area contributed by atoms with E-state index in [-0.39, 0.29) is 29.7 Å². The number of nitrogens with zero attached hydrogens (tertiary/aromatic N) is 2. The number of hydrogen-bond donors (Lipinski definition) is 3. The van der Waals surface area contributed by atoms with Crippen molar-refractivity contribution < 1.29 is 33.0 Å². The van der Waals surface area contributed by atoms with Gasteiger partial charge in [-0.15, -0.1) is 5.73 Å². The van der Waals surface area contributed by atoms with Crippen LogP contribution in [0.1, 0.15) is 54.4 Å². The Hall–Kier alpha value is -4.05. The van der Waals surface area contributed by atoms with E-state index in [1.165, 1.54) is 25.2 Å². The first-order valence-corrected chi connectivity index (χ1v) is 15.1. The molecule has 0 radical (unpaired) electrons. The van der Waals surface area contributed by atoms with Gasteiger partial charge in [-0.25, -0.2) is 23.3 Å². The number of carbonyl (C=O) groups is 3. The molecule has 2 heterocycles. The van der Waals surface area contributed by atoms with E-state index >= 15 is 4.39 Å². The third kappa shape index (κ3) is 5.29. The second kappa shape index (κ2) is 11.8. The minimum absolute atomic E-state index is 0.00404. The number of β-amino-alcohol motifs (C(OH)–C–C–N with tert-alkyl or cyclic N) is 1. The maximum Gasteiger partial charge on any atom is 0.418 e. The van der Waals surface area contributed by atoms with Crippen LogP contribution in [0, 0.1) is 23.5 Å². The average molecular weight is 607 g/mol. The first-order valence-electron chi connectivity index (χ1n) is 15.1. The quantitative estimate of drug-likeness (QED) is 0.393. The summed E-state index contributed by atoms with van der Waals surface area (Å²) >= 11 is 0. The number of aryl methyl sites for hydroxylation is 2. The van der Waals surface area contributed by atoms with Gasteiger partial charge in [-0.3, -0.25) is 9.69 Å². The summed E-state index contributed by atoms with van der Waals surface area (Å²) in [7, 11) is 1.41. The van der Waals surface area contributed by atoms with Crippen LogP contribution in [0.4, 0.5) is 24.1 Å². The van der Waals surface area contributed by atoms with Gasteiger partial charge in [0.2, 0.25) is 5.60 Å². The zero-order valence-electron chi connectivity index (χ0n) is 24.6. The Bertz CT molecular complexity index is 1550. The van der Waals surface area contributed by atoms with Crippen LogP contribution in [0.25, 0.3) is 0 Å². The molecule has 2 aromatic rings. The fourth-order valence-electron chi connectivity index (χ4n) is 7.17. The van der Waals surface area contributed by atoms with Crippen LogP contribution in [0.5, 0.6) is 0 Å². The lowest BCUT2D eigenvalue weighted by Crippen LogP contribution is -2.52. The molecule has 1 saturated heterocycles. The van der Waals surface area contributed by atoms with Gasteiger partial charge in [-0.05, 0) is 97.9 Å². The average Bonchev–Trinajstić information content (AvgIpc) is 3.83. The number of carbonyl (C=O) groups excluding carboxylic acids is 3. The normalized spacial score (nSPS) is 25.4. The van der Waals surface area contributed by atoms with Gasteiger partial charge in [0.25, 0.3) is 5.91 Å². The summed E-state index contributed by atoms with van der Waals surface area (Å²) in [6.07, 6.45) is 4.17. The minimum atomic E-state index is -1.82. The molecule has 2 aliphatic heterocycles. The van der Waals surface area contributed by atoms with Crippen molar-refractivity contribution in [1.82, 2.24) is 15.1 Å². The summed E-state index contributed by atoms with van der Waals surface area (Å²) in [4.78, 5) is 42.6. The first-order chi connectivity index (χ1) is 21.2. The molecule has 0 bridgehead atoms. The van der Waals surface area contributed by atoms with Gasteiger partial charge in [0.1, 0.15) is 17.9 Å². The standard InChI is InChI=1S/C33H36F2N4O5/c1-3-4-5-23-11-8-21-15-27(37-31(42)36-2)26(35)16-25(21)33(23)30(41)39(32(43)44-33)18-29(40)38-17-22-9-12-24(34)14-20(22)10-13-28(38)19-6-7-19/h4,9,12,14-16,19,23,28-29,40H,1,5-8,10-11,13,17-18H2,2H3,(H2,36,37,42)/t23?,28-,29?,33+/m0/s1.